The van der Waals surface area contributed by atoms with E-state index in [9.17, 15) is 9.18 Å². The van der Waals surface area contributed by atoms with E-state index in [4.69, 9.17) is 0 Å². The van der Waals surface area contributed by atoms with Crippen molar-refractivity contribution in [2.24, 2.45) is 0 Å². The van der Waals surface area contributed by atoms with Crippen molar-refractivity contribution in [3.63, 3.8) is 0 Å². The van der Waals surface area contributed by atoms with Crippen LogP contribution in [0.25, 0.3) is 0 Å². The number of nitrogens with zero attached hydrogens (tertiary/aromatic N) is 1. The van der Waals surface area contributed by atoms with E-state index in [1.807, 2.05) is 4.90 Å². The zero-order chi connectivity index (χ0) is 13.4. The predicted octanol–water partition coefficient (Wildman–Crippen LogP) is 2.52. The van der Waals surface area contributed by atoms with Crippen molar-refractivity contribution in [3.05, 3.63) is 35.1 Å². The molecule has 0 spiro atoms. The molecule has 5 heteroatoms. The van der Waals surface area contributed by atoms with Crippen molar-refractivity contribution < 1.29 is 9.18 Å². The lowest BCUT2D eigenvalue weighted by Crippen LogP contribution is -2.39. The van der Waals surface area contributed by atoms with Gasteiger partial charge in [0.1, 0.15) is 5.82 Å². The number of halogens is 2. The molecule has 2 unspecified atom stereocenters. The molecule has 2 atom stereocenters. The van der Waals surface area contributed by atoms with E-state index in [1.54, 1.807) is 13.0 Å². The molecule has 2 heterocycles. The summed E-state index contributed by atoms with van der Waals surface area (Å²) >= 11 is 0. The van der Waals surface area contributed by atoms with Gasteiger partial charge in [0.15, 0.2) is 0 Å². The molecule has 1 aromatic carbocycles. The first-order chi connectivity index (χ1) is 9.13. The SMILES string of the molecule is Cc1cc(F)ccc1C(=O)N1CCC2CCC(C1)N2.Cl. The molecule has 0 radical (unpaired) electrons. The lowest BCUT2D eigenvalue weighted by atomic mass is 10.0. The maximum Gasteiger partial charge on any atom is 0.254 e. The topological polar surface area (TPSA) is 32.3 Å². The summed E-state index contributed by atoms with van der Waals surface area (Å²) in [5, 5.41) is 3.56. The first kappa shape index (κ1) is 15.3. The van der Waals surface area contributed by atoms with Gasteiger partial charge in [0, 0.05) is 30.7 Å². The van der Waals surface area contributed by atoms with Gasteiger partial charge in [-0.05, 0) is 49.9 Å². The lowest BCUT2D eigenvalue weighted by molar-refractivity contribution is 0.0747. The number of amides is 1. The zero-order valence-corrected chi connectivity index (χ0v) is 12.4. The van der Waals surface area contributed by atoms with Gasteiger partial charge in [0.05, 0.1) is 0 Å². The van der Waals surface area contributed by atoms with E-state index in [-0.39, 0.29) is 24.1 Å². The van der Waals surface area contributed by atoms with E-state index in [1.165, 1.54) is 18.6 Å². The largest absolute Gasteiger partial charge is 0.337 e. The normalized spacial score (nSPS) is 25.0. The van der Waals surface area contributed by atoms with Crippen molar-refractivity contribution >= 4 is 18.3 Å². The van der Waals surface area contributed by atoms with Crippen LogP contribution < -0.4 is 5.32 Å². The second-order valence-corrected chi connectivity index (χ2v) is 5.64. The minimum atomic E-state index is -0.286. The highest BCUT2D eigenvalue weighted by molar-refractivity contribution is 5.95. The maximum absolute atomic E-state index is 13.1. The van der Waals surface area contributed by atoms with Gasteiger partial charge >= 0.3 is 0 Å². The monoisotopic (exact) mass is 298 g/mol. The smallest absolute Gasteiger partial charge is 0.254 e. The van der Waals surface area contributed by atoms with Gasteiger partial charge in [-0.25, -0.2) is 4.39 Å². The van der Waals surface area contributed by atoms with Crippen LogP contribution in [-0.2, 0) is 0 Å². The molecule has 2 fully saturated rings. The summed E-state index contributed by atoms with van der Waals surface area (Å²) in [6, 6.07) is 5.39. The average molecular weight is 299 g/mol. The molecule has 2 aliphatic heterocycles. The molecule has 110 valence electrons. The number of likely N-dealkylation sites (tertiary alicyclic amines) is 1. The Labute approximate surface area is 124 Å². The highest BCUT2D eigenvalue weighted by Crippen LogP contribution is 2.22. The van der Waals surface area contributed by atoms with Crippen molar-refractivity contribution in [3.8, 4) is 0 Å². The Bertz CT molecular complexity index is 509. The molecule has 1 amide bonds. The summed E-state index contributed by atoms with van der Waals surface area (Å²) in [4.78, 5) is 14.5. The second kappa shape index (κ2) is 6.10. The third-order valence-electron chi connectivity index (χ3n) is 4.23. The summed E-state index contributed by atoms with van der Waals surface area (Å²) in [5.74, 6) is -0.252. The minimum absolute atomic E-state index is 0. The molecule has 2 aliphatic rings. The molecule has 1 N–H and O–H groups in total. The van der Waals surface area contributed by atoms with Crippen LogP contribution in [0.15, 0.2) is 18.2 Å². The molecule has 0 aromatic heterocycles. The highest BCUT2D eigenvalue weighted by Gasteiger charge is 2.31. The number of hydrogen-bond acceptors (Lipinski definition) is 2. The third-order valence-corrected chi connectivity index (χ3v) is 4.23. The molecular formula is C15H20ClFN2O. The molecule has 0 saturated carbocycles. The fraction of sp³-hybridized carbons (Fsp3) is 0.533. The Morgan fingerprint density at radius 2 is 2.05 bits per heavy atom. The second-order valence-electron chi connectivity index (χ2n) is 5.64. The molecule has 1 aromatic rings. The van der Waals surface area contributed by atoms with Crippen LogP contribution in [0.3, 0.4) is 0 Å². The Kier molecular flexibility index (Phi) is 4.66. The fourth-order valence-corrected chi connectivity index (χ4v) is 3.16. The van der Waals surface area contributed by atoms with Crippen LogP contribution >= 0.6 is 12.4 Å². The van der Waals surface area contributed by atoms with Gasteiger partial charge in [-0.3, -0.25) is 4.79 Å². The van der Waals surface area contributed by atoms with E-state index in [0.29, 0.717) is 23.2 Å². The van der Waals surface area contributed by atoms with E-state index >= 15 is 0 Å². The van der Waals surface area contributed by atoms with Crippen LogP contribution in [-0.4, -0.2) is 36.0 Å². The van der Waals surface area contributed by atoms with Gasteiger partial charge < -0.3 is 10.2 Å². The molecule has 0 aliphatic carbocycles. The number of rotatable bonds is 1. The Morgan fingerprint density at radius 3 is 2.80 bits per heavy atom. The Balaban J connectivity index is 0.00000147. The molecule has 20 heavy (non-hydrogen) atoms. The maximum atomic E-state index is 13.1. The standard InChI is InChI=1S/C15H19FN2O.ClH/c1-10-8-11(16)2-5-14(10)15(19)18-7-6-12-3-4-13(9-18)17-12;/h2,5,8,12-13,17H,3-4,6-7,9H2,1H3;1H. The number of benzene rings is 1. The molecule has 3 rings (SSSR count). The van der Waals surface area contributed by atoms with Crippen LogP contribution in [0.2, 0.25) is 0 Å². The average Bonchev–Trinajstić information content (AvgIpc) is 2.68. The summed E-state index contributed by atoms with van der Waals surface area (Å²) in [6.07, 6.45) is 3.39. The highest BCUT2D eigenvalue weighted by atomic mass is 35.5. The van der Waals surface area contributed by atoms with Crippen LogP contribution in [0.1, 0.15) is 35.2 Å². The summed E-state index contributed by atoms with van der Waals surface area (Å²) < 4.78 is 13.1. The fourth-order valence-electron chi connectivity index (χ4n) is 3.16. The quantitative estimate of drug-likeness (QED) is 0.864. The van der Waals surface area contributed by atoms with Crippen molar-refractivity contribution in [1.82, 2.24) is 10.2 Å². The number of fused-ring (bicyclic) bond motifs is 2. The first-order valence-corrected chi connectivity index (χ1v) is 6.95. The minimum Gasteiger partial charge on any atom is -0.337 e. The Hall–Kier alpha value is -1.13. The molecule has 2 bridgehead atoms. The van der Waals surface area contributed by atoms with Crippen LogP contribution in [0.4, 0.5) is 4.39 Å². The first-order valence-electron chi connectivity index (χ1n) is 6.95. The summed E-state index contributed by atoms with van der Waals surface area (Å²) in [7, 11) is 0. The van der Waals surface area contributed by atoms with Crippen LogP contribution in [0.5, 0.6) is 0 Å². The van der Waals surface area contributed by atoms with Crippen molar-refractivity contribution in [2.75, 3.05) is 13.1 Å². The third kappa shape index (κ3) is 2.96. The summed E-state index contributed by atoms with van der Waals surface area (Å²) in [5.41, 5.74) is 1.34. The van der Waals surface area contributed by atoms with Gasteiger partial charge in [-0.2, -0.15) is 0 Å². The van der Waals surface area contributed by atoms with Crippen LogP contribution in [0, 0.1) is 12.7 Å². The number of nitrogens with one attached hydrogen (secondary N) is 1. The van der Waals surface area contributed by atoms with Gasteiger partial charge in [0.25, 0.3) is 5.91 Å². The Morgan fingerprint density at radius 1 is 1.30 bits per heavy atom. The van der Waals surface area contributed by atoms with E-state index < -0.39 is 0 Å². The summed E-state index contributed by atoms with van der Waals surface area (Å²) in [6.45, 7) is 3.36. The number of carbonyl (C=O) groups is 1. The number of hydrogen-bond donors (Lipinski definition) is 1. The predicted molar refractivity (Wildman–Crippen MR) is 78.9 cm³/mol. The van der Waals surface area contributed by atoms with Gasteiger partial charge in [0.2, 0.25) is 0 Å². The van der Waals surface area contributed by atoms with Gasteiger partial charge in [-0.15, -0.1) is 12.4 Å². The lowest BCUT2D eigenvalue weighted by Gasteiger charge is -2.25. The van der Waals surface area contributed by atoms with E-state index in [2.05, 4.69) is 5.32 Å². The molecule has 2 saturated heterocycles. The van der Waals surface area contributed by atoms with Crippen molar-refractivity contribution in [2.45, 2.75) is 38.3 Å². The zero-order valence-electron chi connectivity index (χ0n) is 11.6. The van der Waals surface area contributed by atoms with E-state index in [0.717, 1.165) is 25.9 Å². The number of carbonyl (C=O) groups excluding carboxylic acids is 1. The van der Waals surface area contributed by atoms with Crippen molar-refractivity contribution in [1.29, 1.82) is 0 Å². The molecular weight excluding hydrogens is 279 g/mol. The molecule has 3 nitrogen and oxygen atoms in total. The number of aryl methyl sites for hydroxylation is 1. The van der Waals surface area contributed by atoms with Gasteiger partial charge in [-0.1, -0.05) is 0 Å².